The number of aromatic nitrogens is 3. The van der Waals surface area contributed by atoms with E-state index in [1.54, 1.807) is 41.2 Å². The molecule has 0 bridgehead atoms. The van der Waals surface area contributed by atoms with Gasteiger partial charge in [-0.15, -0.1) is 0 Å². The van der Waals surface area contributed by atoms with Crippen molar-refractivity contribution >= 4 is 11.6 Å². The van der Waals surface area contributed by atoms with Crippen LogP contribution in [0.2, 0.25) is 0 Å². The Morgan fingerprint density at radius 3 is 2.86 bits per heavy atom. The van der Waals surface area contributed by atoms with Gasteiger partial charge in [0.25, 0.3) is 5.91 Å². The van der Waals surface area contributed by atoms with Crippen molar-refractivity contribution in [1.29, 1.82) is 0 Å². The summed E-state index contributed by atoms with van der Waals surface area (Å²) < 4.78 is 1.73. The minimum absolute atomic E-state index is 0.0582. The lowest BCUT2D eigenvalue weighted by atomic mass is 10.1. The third kappa shape index (κ3) is 4.32. The molecule has 1 aliphatic heterocycles. The first-order valence-electron chi connectivity index (χ1n) is 9.72. The summed E-state index contributed by atoms with van der Waals surface area (Å²) in [4.78, 5) is 33.3. The second-order valence-electron chi connectivity index (χ2n) is 7.24. The Kier molecular flexibility index (Phi) is 5.33. The Hall–Kier alpha value is -3.54. The van der Waals surface area contributed by atoms with Crippen molar-refractivity contribution in [3.8, 4) is 11.3 Å². The molecule has 1 aliphatic carbocycles. The Balaban J connectivity index is 1.44. The molecule has 0 saturated carbocycles. The van der Waals surface area contributed by atoms with Gasteiger partial charge in [0.1, 0.15) is 5.65 Å². The maximum atomic E-state index is 12.6. The maximum absolute atomic E-state index is 12.6. The van der Waals surface area contributed by atoms with Gasteiger partial charge in [-0.2, -0.15) is 0 Å². The molecule has 2 aromatic rings. The molecule has 0 radical (unpaired) electrons. The molecular formula is C23H22N4O2. The van der Waals surface area contributed by atoms with Crippen molar-refractivity contribution in [2.75, 3.05) is 0 Å². The number of nitrogens with zero attached hydrogens (tertiary/aromatic N) is 3. The lowest BCUT2D eigenvalue weighted by Gasteiger charge is -2.15. The number of carbonyl (C=O) groups is 1. The van der Waals surface area contributed by atoms with Gasteiger partial charge >= 0.3 is 0 Å². The highest BCUT2D eigenvalue weighted by molar-refractivity contribution is 5.94. The summed E-state index contributed by atoms with van der Waals surface area (Å²) in [6.07, 6.45) is 9.88. The topological polar surface area (TPSA) is 76.4 Å². The molecule has 2 aromatic heterocycles. The van der Waals surface area contributed by atoms with Crippen molar-refractivity contribution < 1.29 is 4.79 Å². The van der Waals surface area contributed by atoms with Gasteiger partial charge in [-0.25, -0.2) is 4.98 Å². The predicted octanol–water partition coefficient (Wildman–Crippen LogP) is 3.34. The van der Waals surface area contributed by atoms with Crippen molar-refractivity contribution in [2.24, 2.45) is 0 Å². The number of amides is 1. The van der Waals surface area contributed by atoms with Gasteiger partial charge < -0.3 is 9.72 Å². The van der Waals surface area contributed by atoms with E-state index >= 15 is 0 Å². The molecule has 1 atom stereocenters. The molecule has 1 amide bonds. The van der Waals surface area contributed by atoms with Crippen molar-refractivity contribution in [3.05, 3.63) is 88.6 Å². The van der Waals surface area contributed by atoms with Gasteiger partial charge in [0.05, 0.1) is 16.8 Å². The molecule has 146 valence electrons. The number of hydrogen-bond acceptors (Lipinski definition) is 4. The number of aryl methyl sites for hydroxylation is 1. The molecule has 1 N–H and O–H groups in total. The van der Waals surface area contributed by atoms with Gasteiger partial charge in [0.15, 0.2) is 5.43 Å². The fourth-order valence-electron chi connectivity index (χ4n) is 3.40. The van der Waals surface area contributed by atoms with E-state index in [1.165, 1.54) is 11.6 Å². The van der Waals surface area contributed by atoms with E-state index in [-0.39, 0.29) is 17.4 Å². The quantitative estimate of drug-likeness (QED) is 0.516. The summed E-state index contributed by atoms with van der Waals surface area (Å²) in [6.45, 7) is 2.01. The summed E-state index contributed by atoms with van der Waals surface area (Å²) in [6, 6.07) is 12.6. The average molecular weight is 386 g/mol. The van der Waals surface area contributed by atoms with E-state index in [0.29, 0.717) is 22.5 Å². The minimum atomic E-state index is -0.135. The van der Waals surface area contributed by atoms with E-state index in [1.807, 2.05) is 25.3 Å². The van der Waals surface area contributed by atoms with Crippen LogP contribution in [0, 0.1) is 0 Å². The number of fused-ring (bicyclic) bond motifs is 2. The lowest BCUT2D eigenvalue weighted by Crippen LogP contribution is -2.32. The zero-order valence-corrected chi connectivity index (χ0v) is 16.2. The summed E-state index contributed by atoms with van der Waals surface area (Å²) in [5.41, 5.74) is 3.52. The first kappa shape index (κ1) is 18.8. The highest BCUT2D eigenvalue weighted by Crippen LogP contribution is 2.16. The molecule has 4 rings (SSSR count). The number of hydrogen-bond donors (Lipinski definition) is 1. The summed E-state index contributed by atoms with van der Waals surface area (Å²) in [7, 11) is 0. The van der Waals surface area contributed by atoms with Gasteiger partial charge in [-0.05, 0) is 62.1 Å². The van der Waals surface area contributed by atoms with Crippen LogP contribution in [0.25, 0.3) is 16.9 Å². The SMILES string of the molecule is CC(CCCc1cccnc1)NC(=O)c1ccc2nc3cccc(=O)c-3cn2c1. The lowest BCUT2D eigenvalue weighted by molar-refractivity contribution is 0.0937. The van der Waals surface area contributed by atoms with Crippen LogP contribution in [0.15, 0.2) is 72.0 Å². The average Bonchev–Trinajstić information content (AvgIpc) is 2.73. The third-order valence-corrected chi connectivity index (χ3v) is 4.97. The fourth-order valence-corrected chi connectivity index (χ4v) is 3.40. The Morgan fingerprint density at radius 2 is 2.03 bits per heavy atom. The number of pyridine rings is 2. The molecule has 0 fully saturated rings. The van der Waals surface area contributed by atoms with Crippen molar-refractivity contribution in [3.63, 3.8) is 0 Å². The van der Waals surface area contributed by atoms with Crippen LogP contribution in [0.1, 0.15) is 35.7 Å². The summed E-state index contributed by atoms with van der Waals surface area (Å²) in [5, 5.41) is 3.05. The van der Waals surface area contributed by atoms with Crippen LogP contribution in [0.3, 0.4) is 0 Å². The molecule has 0 spiro atoms. The van der Waals surface area contributed by atoms with Crippen molar-refractivity contribution in [1.82, 2.24) is 19.7 Å². The van der Waals surface area contributed by atoms with E-state index in [9.17, 15) is 9.59 Å². The first-order valence-corrected chi connectivity index (χ1v) is 9.72. The fraction of sp³-hybridized carbons (Fsp3) is 0.217. The normalized spacial score (nSPS) is 12.2. The Bertz CT molecular complexity index is 1170. The first-order chi connectivity index (χ1) is 14.1. The zero-order chi connectivity index (χ0) is 20.2. The molecule has 6 heteroatoms. The Morgan fingerprint density at radius 1 is 1.14 bits per heavy atom. The largest absolute Gasteiger partial charge is 0.350 e. The monoisotopic (exact) mass is 386 g/mol. The van der Waals surface area contributed by atoms with Crippen LogP contribution in [-0.2, 0) is 6.42 Å². The van der Waals surface area contributed by atoms with E-state index in [4.69, 9.17) is 0 Å². The van der Waals surface area contributed by atoms with Crippen LogP contribution in [-0.4, -0.2) is 26.3 Å². The van der Waals surface area contributed by atoms with Crippen LogP contribution < -0.4 is 10.7 Å². The highest BCUT2D eigenvalue weighted by atomic mass is 16.1. The van der Waals surface area contributed by atoms with Crippen LogP contribution >= 0.6 is 0 Å². The van der Waals surface area contributed by atoms with Crippen LogP contribution in [0.4, 0.5) is 0 Å². The standard InChI is InChI=1S/C23H22N4O2/c1-16(5-2-6-17-7-4-12-24-13-17)25-23(29)18-10-11-22-26-20-8-3-9-21(28)19(20)15-27(22)14-18/h3-4,7-16H,2,5-6H2,1H3,(H,25,29). The smallest absolute Gasteiger partial charge is 0.252 e. The third-order valence-electron chi connectivity index (χ3n) is 4.97. The molecule has 29 heavy (non-hydrogen) atoms. The molecule has 1 unspecified atom stereocenters. The predicted molar refractivity (Wildman–Crippen MR) is 112 cm³/mol. The maximum Gasteiger partial charge on any atom is 0.252 e. The van der Waals surface area contributed by atoms with Gasteiger partial charge in [0, 0.05) is 30.8 Å². The molecule has 6 nitrogen and oxygen atoms in total. The van der Waals surface area contributed by atoms with Crippen LogP contribution in [0.5, 0.6) is 0 Å². The van der Waals surface area contributed by atoms with Crippen molar-refractivity contribution in [2.45, 2.75) is 32.2 Å². The van der Waals surface area contributed by atoms with Gasteiger partial charge in [-0.1, -0.05) is 12.1 Å². The second kappa shape index (κ2) is 8.22. The van der Waals surface area contributed by atoms with Gasteiger partial charge in [-0.3, -0.25) is 14.6 Å². The number of benzene rings is 1. The highest BCUT2D eigenvalue weighted by Gasteiger charge is 2.13. The number of carbonyl (C=O) groups excluding carboxylic acids is 1. The van der Waals surface area contributed by atoms with Gasteiger partial charge in [0.2, 0.25) is 0 Å². The molecular weight excluding hydrogens is 364 g/mol. The summed E-state index contributed by atoms with van der Waals surface area (Å²) >= 11 is 0. The zero-order valence-electron chi connectivity index (χ0n) is 16.2. The molecule has 3 heterocycles. The number of nitrogens with one attached hydrogen (secondary N) is 1. The summed E-state index contributed by atoms with van der Waals surface area (Å²) in [5.74, 6) is -0.135. The molecule has 0 saturated heterocycles. The second-order valence-corrected chi connectivity index (χ2v) is 7.24. The molecule has 0 aromatic carbocycles. The Labute approximate surface area is 168 Å². The molecule has 2 aliphatic rings. The van der Waals surface area contributed by atoms with E-state index < -0.39 is 0 Å². The number of rotatable bonds is 6. The minimum Gasteiger partial charge on any atom is -0.350 e. The van der Waals surface area contributed by atoms with E-state index in [0.717, 1.165) is 19.3 Å². The van der Waals surface area contributed by atoms with E-state index in [2.05, 4.69) is 21.4 Å².